The minimum Gasteiger partial charge on any atom is -0.409 e. The Bertz CT molecular complexity index is 405. The largest absolute Gasteiger partial charge is 0.409 e. The van der Waals surface area contributed by atoms with Gasteiger partial charge in [0, 0.05) is 13.2 Å². The van der Waals surface area contributed by atoms with E-state index in [0.29, 0.717) is 12.1 Å². The molecule has 0 saturated heterocycles. The number of amidine groups is 1. The minimum absolute atomic E-state index is 0.0757. The molecule has 1 atom stereocenters. The number of hydrogen-bond donors (Lipinski definition) is 2. The maximum atomic E-state index is 12.1. The highest BCUT2D eigenvalue weighted by atomic mass is 16.4. The van der Waals surface area contributed by atoms with E-state index >= 15 is 0 Å². The molecule has 1 heterocycles. The number of rotatable bonds is 4. The second-order valence-electron chi connectivity index (χ2n) is 3.59. The van der Waals surface area contributed by atoms with Crippen molar-refractivity contribution in [3.63, 3.8) is 0 Å². The van der Waals surface area contributed by atoms with Gasteiger partial charge in [0.25, 0.3) is 0 Å². The van der Waals surface area contributed by atoms with Crippen LogP contribution >= 0.6 is 0 Å². The predicted octanol–water partition coefficient (Wildman–Crippen LogP) is 0.817. The summed E-state index contributed by atoms with van der Waals surface area (Å²) in [6.45, 7) is 1.80. The first-order valence-corrected chi connectivity index (χ1v) is 5.26. The summed E-state index contributed by atoms with van der Waals surface area (Å²) in [5.41, 5.74) is 6.15. The van der Waals surface area contributed by atoms with Gasteiger partial charge in [-0.2, -0.15) is 0 Å². The summed E-state index contributed by atoms with van der Waals surface area (Å²) in [6.07, 6.45) is 3.68. The topological polar surface area (TPSA) is 91.8 Å². The molecule has 0 radical (unpaired) electrons. The van der Waals surface area contributed by atoms with E-state index in [1.165, 1.54) is 4.90 Å². The molecule has 3 N–H and O–H groups in total. The van der Waals surface area contributed by atoms with Gasteiger partial charge in [-0.1, -0.05) is 12.1 Å². The van der Waals surface area contributed by atoms with E-state index < -0.39 is 5.92 Å². The number of oxime groups is 1. The zero-order valence-electron chi connectivity index (χ0n) is 9.87. The van der Waals surface area contributed by atoms with Crippen molar-refractivity contribution in [2.75, 3.05) is 11.9 Å². The average Bonchev–Trinajstić information content (AvgIpc) is 2.39. The van der Waals surface area contributed by atoms with Crippen molar-refractivity contribution in [1.29, 1.82) is 0 Å². The SMILES string of the molecule is CCC(C(=O)N(C)c1cccnc1)C(N)=NO. The Morgan fingerprint density at radius 2 is 2.41 bits per heavy atom. The average molecular weight is 236 g/mol. The summed E-state index contributed by atoms with van der Waals surface area (Å²) in [7, 11) is 1.63. The third-order valence-electron chi connectivity index (χ3n) is 2.54. The molecule has 0 aliphatic rings. The van der Waals surface area contributed by atoms with Crippen molar-refractivity contribution in [1.82, 2.24) is 4.98 Å². The highest BCUT2D eigenvalue weighted by Gasteiger charge is 2.25. The lowest BCUT2D eigenvalue weighted by Gasteiger charge is -2.21. The predicted molar refractivity (Wildman–Crippen MR) is 64.8 cm³/mol. The van der Waals surface area contributed by atoms with Crippen LogP contribution in [0, 0.1) is 5.92 Å². The molecule has 1 aromatic heterocycles. The molecule has 0 spiro atoms. The van der Waals surface area contributed by atoms with Gasteiger partial charge in [-0.25, -0.2) is 0 Å². The van der Waals surface area contributed by atoms with Crippen molar-refractivity contribution < 1.29 is 10.0 Å². The van der Waals surface area contributed by atoms with Crippen LogP contribution < -0.4 is 10.6 Å². The third-order valence-corrected chi connectivity index (χ3v) is 2.54. The van der Waals surface area contributed by atoms with Crippen LogP contribution in [0.25, 0.3) is 0 Å². The lowest BCUT2D eigenvalue weighted by Crippen LogP contribution is -2.39. The summed E-state index contributed by atoms with van der Waals surface area (Å²) >= 11 is 0. The molecule has 0 saturated carbocycles. The van der Waals surface area contributed by atoms with Crippen LogP contribution in [0.5, 0.6) is 0 Å². The zero-order chi connectivity index (χ0) is 12.8. The maximum absolute atomic E-state index is 12.1. The number of carbonyl (C=O) groups is 1. The van der Waals surface area contributed by atoms with Gasteiger partial charge in [0.1, 0.15) is 0 Å². The van der Waals surface area contributed by atoms with Gasteiger partial charge in [0.15, 0.2) is 5.84 Å². The number of anilines is 1. The van der Waals surface area contributed by atoms with Crippen LogP contribution in [-0.2, 0) is 4.79 Å². The molecule has 0 fully saturated rings. The molecule has 0 bridgehead atoms. The van der Waals surface area contributed by atoms with E-state index in [2.05, 4.69) is 10.1 Å². The Balaban J connectivity index is 2.89. The van der Waals surface area contributed by atoms with Gasteiger partial charge in [-0.15, -0.1) is 0 Å². The number of aromatic nitrogens is 1. The van der Waals surface area contributed by atoms with E-state index in [1.54, 1.807) is 38.5 Å². The van der Waals surface area contributed by atoms with Crippen LogP contribution in [0.1, 0.15) is 13.3 Å². The Kier molecular flexibility index (Phi) is 4.45. The van der Waals surface area contributed by atoms with Gasteiger partial charge in [-0.05, 0) is 18.6 Å². The van der Waals surface area contributed by atoms with Crippen LogP contribution in [0.2, 0.25) is 0 Å². The highest BCUT2D eigenvalue weighted by molar-refractivity contribution is 6.08. The number of nitrogens with zero attached hydrogens (tertiary/aromatic N) is 3. The summed E-state index contributed by atoms with van der Waals surface area (Å²) in [5.74, 6) is -0.922. The molecule has 92 valence electrons. The smallest absolute Gasteiger partial charge is 0.237 e. The minimum atomic E-state index is -0.620. The molecule has 1 amide bonds. The molecular weight excluding hydrogens is 220 g/mol. The van der Waals surface area contributed by atoms with E-state index in [-0.39, 0.29) is 11.7 Å². The molecular formula is C11H16N4O2. The fourth-order valence-electron chi connectivity index (χ4n) is 1.49. The van der Waals surface area contributed by atoms with Crippen LogP contribution in [0.15, 0.2) is 29.7 Å². The van der Waals surface area contributed by atoms with E-state index in [0.717, 1.165) is 0 Å². The number of nitrogens with two attached hydrogens (primary N) is 1. The first-order chi connectivity index (χ1) is 8.11. The monoisotopic (exact) mass is 236 g/mol. The van der Waals surface area contributed by atoms with Gasteiger partial charge in [-0.3, -0.25) is 9.78 Å². The van der Waals surface area contributed by atoms with Crippen LogP contribution in [0.3, 0.4) is 0 Å². The highest BCUT2D eigenvalue weighted by Crippen LogP contribution is 2.15. The Morgan fingerprint density at radius 1 is 1.71 bits per heavy atom. The summed E-state index contributed by atoms with van der Waals surface area (Å²) < 4.78 is 0. The van der Waals surface area contributed by atoms with Crippen molar-refractivity contribution in [3.05, 3.63) is 24.5 Å². The lowest BCUT2D eigenvalue weighted by molar-refractivity contribution is -0.120. The molecule has 6 nitrogen and oxygen atoms in total. The number of hydrogen-bond acceptors (Lipinski definition) is 4. The van der Waals surface area contributed by atoms with E-state index in [4.69, 9.17) is 10.9 Å². The number of carbonyl (C=O) groups excluding carboxylic acids is 1. The first-order valence-electron chi connectivity index (χ1n) is 5.26. The number of amides is 1. The molecule has 0 aliphatic heterocycles. The molecule has 0 aliphatic carbocycles. The Hall–Kier alpha value is -2.11. The molecule has 1 unspecified atom stereocenters. The fourth-order valence-corrected chi connectivity index (χ4v) is 1.49. The molecule has 0 aromatic carbocycles. The maximum Gasteiger partial charge on any atom is 0.237 e. The summed E-state index contributed by atoms with van der Waals surface area (Å²) in [5, 5.41) is 11.5. The first kappa shape index (κ1) is 13.0. The van der Waals surface area contributed by atoms with E-state index in [1.807, 2.05) is 0 Å². The normalized spacial score (nSPS) is 13.2. The zero-order valence-corrected chi connectivity index (χ0v) is 9.87. The second-order valence-corrected chi connectivity index (χ2v) is 3.59. The summed E-state index contributed by atoms with van der Waals surface area (Å²) in [6, 6.07) is 3.51. The van der Waals surface area contributed by atoms with Gasteiger partial charge in [0.05, 0.1) is 17.8 Å². The van der Waals surface area contributed by atoms with Crippen LogP contribution in [0.4, 0.5) is 5.69 Å². The quantitative estimate of drug-likeness (QED) is 0.350. The van der Waals surface area contributed by atoms with Gasteiger partial charge in [0.2, 0.25) is 5.91 Å². The van der Waals surface area contributed by atoms with Crippen molar-refractivity contribution in [3.8, 4) is 0 Å². The molecule has 6 heteroatoms. The summed E-state index contributed by atoms with van der Waals surface area (Å²) in [4.78, 5) is 17.5. The van der Waals surface area contributed by atoms with Gasteiger partial charge < -0.3 is 15.8 Å². The van der Waals surface area contributed by atoms with Crippen molar-refractivity contribution in [2.24, 2.45) is 16.8 Å². The van der Waals surface area contributed by atoms with Crippen molar-refractivity contribution in [2.45, 2.75) is 13.3 Å². The van der Waals surface area contributed by atoms with Crippen LogP contribution in [-0.4, -0.2) is 29.0 Å². The van der Waals surface area contributed by atoms with E-state index in [9.17, 15) is 4.79 Å². The Labute approximate surface area is 99.7 Å². The number of pyridine rings is 1. The third kappa shape index (κ3) is 2.93. The molecule has 17 heavy (non-hydrogen) atoms. The standard InChI is InChI=1S/C11H16N4O2/c1-3-9(10(12)14-17)11(16)15(2)8-5-4-6-13-7-8/h4-7,9,17H,3H2,1-2H3,(H2,12,14). The Morgan fingerprint density at radius 3 is 2.88 bits per heavy atom. The second kappa shape index (κ2) is 5.83. The fraction of sp³-hybridized carbons (Fsp3) is 0.364. The van der Waals surface area contributed by atoms with Crippen molar-refractivity contribution >= 4 is 17.4 Å². The van der Waals surface area contributed by atoms with Gasteiger partial charge >= 0.3 is 0 Å². The molecule has 1 rings (SSSR count). The molecule has 1 aromatic rings. The lowest BCUT2D eigenvalue weighted by atomic mass is 10.0.